The van der Waals surface area contributed by atoms with Gasteiger partial charge in [-0.25, -0.2) is 0 Å². The minimum Gasteiger partial charge on any atom is -0.550 e. The molecule has 0 aromatic heterocycles. The van der Waals surface area contributed by atoms with E-state index >= 15 is 0 Å². The van der Waals surface area contributed by atoms with Gasteiger partial charge in [0.1, 0.15) is 18.5 Å². The standard InChI is InChI=1S/C31H41N3O8/c1-4-5-7-12-21(32-18-22(35)19-42-23-13-8-6-9-14-23)17-31(3)28(30(38)39)27(26(29(36)37)20(2)33-31)24-15-10-11-16-25(24)34(40)41/h6,8-11,13-16,21-22,27-28,32-33,35H,4-5,7,12,17-19H2,1-3H3,(H,36,37)(H,38,39)/p-2. The number of carboxylic acids is 2. The highest BCUT2D eigenvalue weighted by atomic mass is 16.6. The summed E-state index contributed by atoms with van der Waals surface area (Å²) in [6, 6.07) is 14.3. The number of carbonyl (C=O) groups is 2. The fourth-order valence-electron chi connectivity index (χ4n) is 5.95. The molecule has 0 aliphatic carbocycles. The highest BCUT2D eigenvalue weighted by Crippen LogP contribution is 2.47. The van der Waals surface area contributed by atoms with Gasteiger partial charge in [0.15, 0.2) is 0 Å². The summed E-state index contributed by atoms with van der Waals surface area (Å²) in [6.07, 6.45) is 2.75. The summed E-state index contributed by atoms with van der Waals surface area (Å²) in [5, 5.41) is 54.0. The number of carboxylic acid groups (broad SMARTS) is 2. The number of para-hydroxylation sites is 2. The number of nitro groups is 1. The van der Waals surface area contributed by atoms with Crippen molar-refractivity contribution in [2.45, 2.75) is 76.5 Å². The molecular weight excluding hydrogens is 542 g/mol. The highest BCUT2D eigenvalue weighted by molar-refractivity contribution is 5.91. The average molecular weight is 582 g/mol. The first kappa shape index (κ1) is 32.6. The van der Waals surface area contributed by atoms with E-state index in [1.165, 1.54) is 31.2 Å². The first-order valence-electron chi connectivity index (χ1n) is 14.2. The average Bonchev–Trinajstić information content (AvgIpc) is 2.94. The van der Waals surface area contributed by atoms with Gasteiger partial charge >= 0.3 is 0 Å². The van der Waals surface area contributed by atoms with Crippen LogP contribution in [0.4, 0.5) is 5.69 Å². The monoisotopic (exact) mass is 581 g/mol. The molecule has 11 heteroatoms. The molecule has 2 aromatic rings. The van der Waals surface area contributed by atoms with Crippen LogP contribution in [0.3, 0.4) is 0 Å². The van der Waals surface area contributed by atoms with E-state index in [1.54, 1.807) is 19.1 Å². The third kappa shape index (κ3) is 8.07. The SMILES string of the molecule is CCCCCC(CC1(C)NC(C)=C(C(=O)[O-])C(c2ccccc2[N+](=O)[O-])C1C(=O)[O-])NCC(O)COc1ccccc1. The number of nitrogens with one attached hydrogen (secondary N) is 2. The molecule has 2 aromatic carbocycles. The summed E-state index contributed by atoms with van der Waals surface area (Å²) in [5.74, 6) is -5.41. The predicted molar refractivity (Wildman–Crippen MR) is 152 cm³/mol. The normalized spacial score (nSPS) is 21.7. The maximum Gasteiger partial charge on any atom is 0.273 e. The van der Waals surface area contributed by atoms with E-state index in [2.05, 4.69) is 17.6 Å². The van der Waals surface area contributed by atoms with Crippen molar-refractivity contribution in [1.82, 2.24) is 10.6 Å². The number of hydrogen-bond donors (Lipinski definition) is 3. The minimum absolute atomic E-state index is 0.0352. The molecule has 228 valence electrons. The first-order chi connectivity index (χ1) is 20.0. The fraction of sp³-hybridized carbons (Fsp3) is 0.484. The molecule has 0 saturated carbocycles. The van der Waals surface area contributed by atoms with Crippen molar-refractivity contribution in [3.8, 4) is 5.75 Å². The topological polar surface area (TPSA) is 177 Å². The Labute approximate surface area is 245 Å². The zero-order valence-electron chi connectivity index (χ0n) is 24.2. The Morgan fingerprint density at radius 1 is 1.12 bits per heavy atom. The molecule has 5 atom stereocenters. The van der Waals surface area contributed by atoms with Crippen LogP contribution in [0, 0.1) is 16.0 Å². The van der Waals surface area contributed by atoms with Gasteiger partial charge in [-0.1, -0.05) is 62.6 Å². The zero-order chi connectivity index (χ0) is 30.9. The maximum atomic E-state index is 12.8. The number of allylic oxidation sites excluding steroid dienone is 1. The summed E-state index contributed by atoms with van der Waals surface area (Å²) in [5.41, 5.74) is -1.89. The van der Waals surface area contributed by atoms with Gasteiger partial charge in [-0.2, -0.15) is 0 Å². The molecule has 5 unspecified atom stereocenters. The maximum absolute atomic E-state index is 12.8. The van der Waals surface area contributed by atoms with Gasteiger partial charge in [0.2, 0.25) is 0 Å². The van der Waals surface area contributed by atoms with E-state index in [4.69, 9.17) is 4.74 Å². The summed E-state index contributed by atoms with van der Waals surface area (Å²) < 4.78 is 5.65. The molecule has 0 amide bonds. The van der Waals surface area contributed by atoms with Gasteiger partial charge in [-0.05, 0) is 38.8 Å². The number of aliphatic hydroxyl groups is 1. The molecule has 1 aliphatic rings. The predicted octanol–water partition coefficient (Wildman–Crippen LogP) is 1.80. The zero-order valence-corrected chi connectivity index (χ0v) is 24.2. The third-order valence-corrected chi connectivity index (χ3v) is 7.80. The van der Waals surface area contributed by atoms with E-state index in [9.17, 15) is 35.0 Å². The van der Waals surface area contributed by atoms with Crippen LogP contribution in [0.5, 0.6) is 5.75 Å². The van der Waals surface area contributed by atoms with Crippen LogP contribution in [0.2, 0.25) is 0 Å². The number of carbonyl (C=O) groups excluding carboxylic acids is 2. The Kier molecular flexibility index (Phi) is 11.5. The first-order valence-corrected chi connectivity index (χ1v) is 14.2. The Hall–Kier alpha value is -3.96. The Balaban J connectivity index is 1.92. The number of unbranched alkanes of at least 4 members (excludes halogenated alkanes) is 2. The van der Waals surface area contributed by atoms with Crippen molar-refractivity contribution in [3.63, 3.8) is 0 Å². The minimum atomic E-state index is -1.62. The third-order valence-electron chi connectivity index (χ3n) is 7.80. The molecular formula is C31H39N3O8-2. The van der Waals surface area contributed by atoms with E-state index in [1.807, 2.05) is 18.2 Å². The summed E-state index contributed by atoms with van der Waals surface area (Å²) in [6.45, 7) is 5.44. The van der Waals surface area contributed by atoms with Gasteiger partial charge < -0.3 is 40.3 Å². The molecule has 1 heterocycles. The summed E-state index contributed by atoms with van der Waals surface area (Å²) in [7, 11) is 0. The lowest BCUT2D eigenvalue weighted by Crippen LogP contribution is -2.62. The van der Waals surface area contributed by atoms with Crippen LogP contribution in [-0.4, -0.2) is 52.8 Å². The lowest BCUT2D eigenvalue weighted by Gasteiger charge is -2.50. The smallest absolute Gasteiger partial charge is 0.273 e. The van der Waals surface area contributed by atoms with Crippen LogP contribution in [0.1, 0.15) is 64.4 Å². The molecule has 3 rings (SSSR count). The number of aliphatic hydroxyl groups excluding tert-OH is 1. The van der Waals surface area contributed by atoms with Gasteiger partial charge in [-0.15, -0.1) is 0 Å². The molecule has 0 spiro atoms. The van der Waals surface area contributed by atoms with Crippen molar-refractivity contribution >= 4 is 17.6 Å². The van der Waals surface area contributed by atoms with E-state index in [0.29, 0.717) is 12.2 Å². The van der Waals surface area contributed by atoms with E-state index < -0.39 is 40.3 Å². The number of aliphatic carboxylic acids is 2. The van der Waals surface area contributed by atoms with Crippen molar-refractivity contribution in [2.24, 2.45) is 5.92 Å². The van der Waals surface area contributed by atoms with Gasteiger partial charge in [0, 0.05) is 58.8 Å². The van der Waals surface area contributed by atoms with Crippen LogP contribution in [0.25, 0.3) is 0 Å². The van der Waals surface area contributed by atoms with Crippen molar-refractivity contribution < 1.29 is 34.6 Å². The lowest BCUT2D eigenvalue weighted by molar-refractivity contribution is -0.385. The number of rotatable bonds is 16. The Morgan fingerprint density at radius 2 is 1.79 bits per heavy atom. The number of nitrogens with zero attached hydrogens (tertiary/aromatic N) is 1. The van der Waals surface area contributed by atoms with Crippen molar-refractivity contribution in [2.75, 3.05) is 13.2 Å². The quantitative estimate of drug-likeness (QED) is 0.150. The van der Waals surface area contributed by atoms with Crippen molar-refractivity contribution in [1.29, 1.82) is 0 Å². The van der Waals surface area contributed by atoms with Crippen LogP contribution < -0.4 is 25.6 Å². The lowest BCUT2D eigenvalue weighted by atomic mass is 9.65. The fourth-order valence-corrected chi connectivity index (χ4v) is 5.95. The molecule has 3 N–H and O–H groups in total. The van der Waals surface area contributed by atoms with E-state index in [0.717, 1.165) is 19.3 Å². The summed E-state index contributed by atoms with van der Waals surface area (Å²) in [4.78, 5) is 36.3. The Bertz CT molecular complexity index is 1270. The van der Waals surface area contributed by atoms with Crippen LogP contribution in [-0.2, 0) is 9.59 Å². The van der Waals surface area contributed by atoms with Gasteiger partial charge in [0.25, 0.3) is 5.69 Å². The highest BCUT2D eigenvalue weighted by Gasteiger charge is 2.49. The number of benzene rings is 2. The van der Waals surface area contributed by atoms with E-state index in [-0.39, 0.29) is 48.1 Å². The van der Waals surface area contributed by atoms with Crippen LogP contribution in [0.15, 0.2) is 65.9 Å². The molecule has 42 heavy (non-hydrogen) atoms. The van der Waals surface area contributed by atoms with Crippen molar-refractivity contribution in [3.05, 3.63) is 81.5 Å². The second kappa shape index (κ2) is 14.8. The summed E-state index contributed by atoms with van der Waals surface area (Å²) >= 11 is 0. The molecule has 0 fully saturated rings. The number of ether oxygens (including phenoxy) is 1. The second-order valence-electron chi connectivity index (χ2n) is 11.0. The molecule has 1 aliphatic heterocycles. The Morgan fingerprint density at radius 3 is 2.40 bits per heavy atom. The van der Waals surface area contributed by atoms with Crippen LogP contribution >= 0.6 is 0 Å². The molecule has 0 saturated heterocycles. The molecule has 0 bridgehead atoms. The second-order valence-corrected chi connectivity index (χ2v) is 11.0. The molecule has 11 nitrogen and oxygen atoms in total. The van der Waals surface area contributed by atoms with Gasteiger partial charge in [0.05, 0.1) is 10.9 Å². The number of nitro benzene ring substituents is 1. The molecule has 0 radical (unpaired) electrons. The largest absolute Gasteiger partial charge is 0.550 e. The number of hydrogen-bond acceptors (Lipinski definition) is 10. The van der Waals surface area contributed by atoms with Gasteiger partial charge in [-0.3, -0.25) is 10.1 Å².